The van der Waals surface area contributed by atoms with Crippen LogP contribution in [0.4, 0.5) is 5.13 Å². The maximum Gasteiger partial charge on any atom is 0.230 e. The second-order valence-corrected chi connectivity index (χ2v) is 8.62. The lowest BCUT2D eigenvalue weighted by Gasteiger charge is -2.06. The first-order chi connectivity index (χ1) is 11.0. The molecule has 1 aromatic carbocycles. The van der Waals surface area contributed by atoms with Crippen LogP contribution in [-0.4, -0.2) is 10.9 Å². The first-order valence-corrected chi connectivity index (χ1v) is 9.57. The molecule has 3 nitrogen and oxygen atoms in total. The van der Waals surface area contributed by atoms with Gasteiger partial charge < -0.3 is 5.32 Å². The number of aromatic nitrogens is 1. The highest BCUT2D eigenvalue weighted by Crippen LogP contribution is 2.33. The highest BCUT2D eigenvalue weighted by molar-refractivity contribution is 9.11. The van der Waals surface area contributed by atoms with E-state index in [0.717, 1.165) is 25.5 Å². The van der Waals surface area contributed by atoms with Gasteiger partial charge in [-0.1, -0.05) is 23.8 Å². The molecule has 0 aliphatic heterocycles. The molecule has 1 amide bonds. The van der Waals surface area contributed by atoms with Crippen molar-refractivity contribution in [2.75, 3.05) is 5.32 Å². The minimum absolute atomic E-state index is 0.0368. The summed E-state index contributed by atoms with van der Waals surface area (Å²) in [5.74, 6) is -0.0368. The first kappa shape index (κ1) is 16.4. The molecule has 2 aromatic heterocycles. The summed E-state index contributed by atoms with van der Waals surface area (Å²) in [5.41, 5.74) is 4.29. The molecule has 1 N–H and O–H groups in total. The molecule has 2 heterocycles. The predicted molar refractivity (Wildman–Crippen MR) is 101 cm³/mol. The molecule has 0 saturated heterocycles. The fourth-order valence-corrected chi connectivity index (χ4v) is 4.42. The van der Waals surface area contributed by atoms with E-state index in [9.17, 15) is 4.79 Å². The molecule has 0 saturated carbocycles. The summed E-state index contributed by atoms with van der Waals surface area (Å²) in [7, 11) is 0. The Kier molecular flexibility index (Phi) is 4.94. The number of thiophene rings is 1. The molecule has 118 valence electrons. The lowest BCUT2D eigenvalue weighted by atomic mass is 10.0. The number of carbonyl (C=O) groups excluding carboxylic acids is 1. The SMILES string of the molecule is Cc1ccc(CC(=O)Nc2nc(-c3ccc(Br)s3)cs2)c(C)c1. The van der Waals surface area contributed by atoms with Gasteiger partial charge in [0.1, 0.15) is 0 Å². The molecule has 0 radical (unpaired) electrons. The molecule has 23 heavy (non-hydrogen) atoms. The molecule has 3 aromatic rings. The Bertz CT molecular complexity index is 854. The number of benzene rings is 1. The largest absolute Gasteiger partial charge is 0.302 e. The van der Waals surface area contributed by atoms with Crippen LogP contribution in [0.2, 0.25) is 0 Å². The molecule has 0 bridgehead atoms. The van der Waals surface area contributed by atoms with Crippen molar-refractivity contribution in [3.63, 3.8) is 0 Å². The summed E-state index contributed by atoms with van der Waals surface area (Å²) in [6.07, 6.45) is 0.367. The summed E-state index contributed by atoms with van der Waals surface area (Å²) in [5, 5.41) is 5.49. The fraction of sp³-hybridized carbons (Fsp3) is 0.176. The quantitative estimate of drug-likeness (QED) is 0.627. The van der Waals surface area contributed by atoms with Crippen molar-refractivity contribution >= 4 is 49.6 Å². The Morgan fingerprint density at radius 1 is 1.26 bits per heavy atom. The lowest BCUT2D eigenvalue weighted by molar-refractivity contribution is -0.115. The van der Waals surface area contributed by atoms with Gasteiger partial charge in [-0.25, -0.2) is 4.98 Å². The third-order valence-corrected chi connectivity index (χ3v) is 5.83. The van der Waals surface area contributed by atoms with Crippen LogP contribution in [-0.2, 0) is 11.2 Å². The lowest BCUT2D eigenvalue weighted by Crippen LogP contribution is -2.14. The van der Waals surface area contributed by atoms with Crippen LogP contribution in [0.3, 0.4) is 0 Å². The molecule has 6 heteroatoms. The number of halogens is 1. The van der Waals surface area contributed by atoms with E-state index in [1.165, 1.54) is 16.9 Å². The van der Waals surface area contributed by atoms with E-state index in [-0.39, 0.29) is 5.91 Å². The van der Waals surface area contributed by atoms with Crippen molar-refractivity contribution in [2.24, 2.45) is 0 Å². The van der Waals surface area contributed by atoms with Gasteiger partial charge in [0.2, 0.25) is 5.91 Å². The van der Waals surface area contributed by atoms with Gasteiger partial charge in [-0.05, 0) is 53.0 Å². The summed E-state index contributed by atoms with van der Waals surface area (Å²) in [6, 6.07) is 10.2. The average molecular weight is 407 g/mol. The molecule has 0 unspecified atom stereocenters. The maximum atomic E-state index is 12.2. The van der Waals surface area contributed by atoms with Crippen LogP contribution in [0.1, 0.15) is 16.7 Å². The molecule has 3 rings (SSSR count). The first-order valence-electron chi connectivity index (χ1n) is 7.08. The highest BCUT2D eigenvalue weighted by Gasteiger charge is 2.11. The van der Waals surface area contributed by atoms with Gasteiger partial charge in [0.25, 0.3) is 0 Å². The van der Waals surface area contributed by atoms with E-state index in [1.807, 2.05) is 36.6 Å². The van der Waals surface area contributed by atoms with Gasteiger partial charge in [-0.3, -0.25) is 4.79 Å². The molecule has 0 aliphatic carbocycles. The zero-order valence-electron chi connectivity index (χ0n) is 12.7. The standard InChI is InChI=1S/C17H15BrN2OS2/c1-10-3-4-12(11(2)7-10)8-16(21)20-17-19-13(9-22-17)14-5-6-15(18)23-14/h3-7,9H,8H2,1-2H3,(H,19,20,21). The molecule has 0 spiro atoms. The summed E-state index contributed by atoms with van der Waals surface area (Å²) < 4.78 is 1.07. The van der Waals surface area contributed by atoms with Gasteiger partial charge >= 0.3 is 0 Å². The molecule has 0 fully saturated rings. The van der Waals surface area contributed by atoms with Gasteiger partial charge in [0.05, 0.1) is 20.8 Å². The van der Waals surface area contributed by atoms with Crippen LogP contribution in [0.15, 0.2) is 39.5 Å². The number of anilines is 1. The second-order valence-electron chi connectivity index (χ2n) is 5.30. The van der Waals surface area contributed by atoms with E-state index < -0.39 is 0 Å². The minimum atomic E-state index is -0.0368. The topological polar surface area (TPSA) is 42.0 Å². The smallest absolute Gasteiger partial charge is 0.230 e. The van der Waals surface area contributed by atoms with Gasteiger partial charge in [0, 0.05) is 5.38 Å². The Morgan fingerprint density at radius 2 is 2.09 bits per heavy atom. The number of nitrogens with one attached hydrogen (secondary N) is 1. The van der Waals surface area contributed by atoms with Crippen molar-refractivity contribution < 1.29 is 4.79 Å². The van der Waals surface area contributed by atoms with E-state index in [2.05, 4.69) is 39.2 Å². The fourth-order valence-electron chi connectivity index (χ4n) is 2.28. The number of aryl methyl sites for hydroxylation is 2. The number of amides is 1. The maximum absolute atomic E-state index is 12.2. The summed E-state index contributed by atoms with van der Waals surface area (Å²) in [4.78, 5) is 17.8. The van der Waals surface area contributed by atoms with Crippen molar-refractivity contribution in [3.05, 3.63) is 56.2 Å². The number of hydrogen-bond donors (Lipinski definition) is 1. The van der Waals surface area contributed by atoms with E-state index in [1.54, 1.807) is 11.3 Å². The average Bonchev–Trinajstić information content (AvgIpc) is 3.11. The zero-order chi connectivity index (χ0) is 16.4. The number of hydrogen-bond acceptors (Lipinski definition) is 4. The van der Waals surface area contributed by atoms with Crippen LogP contribution in [0.25, 0.3) is 10.6 Å². The van der Waals surface area contributed by atoms with Gasteiger partial charge in [-0.15, -0.1) is 22.7 Å². The van der Waals surface area contributed by atoms with E-state index in [4.69, 9.17) is 0 Å². The second kappa shape index (κ2) is 6.95. The Balaban J connectivity index is 1.67. The number of nitrogens with zero attached hydrogens (tertiary/aromatic N) is 1. The van der Waals surface area contributed by atoms with Crippen LogP contribution >= 0.6 is 38.6 Å². The molecular formula is C17H15BrN2OS2. The molecule has 0 atom stereocenters. The van der Waals surface area contributed by atoms with Gasteiger partial charge in [0.15, 0.2) is 5.13 Å². The number of carbonyl (C=O) groups is 1. The number of rotatable bonds is 4. The van der Waals surface area contributed by atoms with Crippen molar-refractivity contribution in [1.29, 1.82) is 0 Å². The van der Waals surface area contributed by atoms with Crippen LogP contribution in [0, 0.1) is 13.8 Å². The van der Waals surface area contributed by atoms with Gasteiger partial charge in [-0.2, -0.15) is 0 Å². The van der Waals surface area contributed by atoms with Crippen LogP contribution in [0.5, 0.6) is 0 Å². The van der Waals surface area contributed by atoms with Crippen LogP contribution < -0.4 is 5.32 Å². The molecule has 0 aliphatic rings. The third-order valence-electron chi connectivity index (χ3n) is 3.43. The minimum Gasteiger partial charge on any atom is -0.302 e. The van der Waals surface area contributed by atoms with Crippen molar-refractivity contribution in [2.45, 2.75) is 20.3 Å². The summed E-state index contributed by atoms with van der Waals surface area (Å²) in [6.45, 7) is 4.09. The van der Waals surface area contributed by atoms with Crippen molar-refractivity contribution in [1.82, 2.24) is 4.98 Å². The zero-order valence-corrected chi connectivity index (χ0v) is 15.9. The number of thiazole rings is 1. The Hall–Kier alpha value is -1.50. The predicted octanol–water partition coefficient (Wildman–Crippen LogP) is 5.43. The van der Waals surface area contributed by atoms with Crippen molar-refractivity contribution in [3.8, 4) is 10.6 Å². The third kappa shape index (κ3) is 4.07. The highest BCUT2D eigenvalue weighted by atomic mass is 79.9. The normalized spacial score (nSPS) is 10.7. The van der Waals surface area contributed by atoms with E-state index in [0.29, 0.717) is 11.6 Å². The Morgan fingerprint density at radius 3 is 2.78 bits per heavy atom. The molecular weight excluding hydrogens is 392 g/mol. The monoisotopic (exact) mass is 406 g/mol. The summed E-state index contributed by atoms with van der Waals surface area (Å²) >= 11 is 6.52. The Labute approximate surface area is 151 Å². The van der Waals surface area contributed by atoms with E-state index >= 15 is 0 Å².